The lowest BCUT2D eigenvalue weighted by atomic mass is 10.3. The molecule has 2 heterocycles. The Morgan fingerprint density at radius 1 is 1.48 bits per heavy atom. The molecule has 2 aromatic rings. The molecule has 0 aromatic carbocycles. The van der Waals surface area contributed by atoms with Gasteiger partial charge >= 0.3 is 0 Å². The van der Waals surface area contributed by atoms with Gasteiger partial charge in [0.15, 0.2) is 0 Å². The zero-order valence-electron chi connectivity index (χ0n) is 12.7. The second-order valence-electron chi connectivity index (χ2n) is 4.89. The van der Waals surface area contributed by atoms with E-state index in [0.717, 1.165) is 23.0 Å². The van der Waals surface area contributed by atoms with Gasteiger partial charge in [0.1, 0.15) is 11.9 Å². The van der Waals surface area contributed by atoms with E-state index in [0.29, 0.717) is 11.7 Å². The van der Waals surface area contributed by atoms with Crippen LogP contribution in [0.1, 0.15) is 30.2 Å². The predicted octanol–water partition coefficient (Wildman–Crippen LogP) is 1.40. The Kier molecular flexibility index (Phi) is 5.00. The maximum absolute atomic E-state index is 12.1. The number of aryl methyl sites for hydroxylation is 3. The van der Waals surface area contributed by atoms with E-state index in [-0.39, 0.29) is 11.9 Å². The lowest BCUT2D eigenvalue weighted by molar-refractivity contribution is -0.124. The van der Waals surface area contributed by atoms with E-state index in [1.807, 2.05) is 33.8 Å². The molecule has 0 spiro atoms. The fraction of sp³-hybridized carbons (Fsp3) is 0.538. The van der Waals surface area contributed by atoms with Crippen molar-refractivity contribution in [2.75, 3.05) is 12.3 Å². The van der Waals surface area contributed by atoms with E-state index in [4.69, 9.17) is 0 Å². The molecule has 1 atom stereocenters. The van der Waals surface area contributed by atoms with Gasteiger partial charge < -0.3 is 5.32 Å². The van der Waals surface area contributed by atoms with Crippen LogP contribution in [0, 0.1) is 20.8 Å². The molecule has 0 fully saturated rings. The second kappa shape index (κ2) is 6.75. The number of H-pyrrole nitrogens is 1. The largest absolute Gasteiger partial charge is 0.353 e. The van der Waals surface area contributed by atoms with Gasteiger partial charge in [-0.25, -0.2) is 4.98 Å². The molecule has 0 saturated heterocycles. The molecule has 21 heavy (non-hydrogen) atoms. The van der Waals surface area contributed by atoms with Crippen LogP contribution in [0.25, 0.3) is 0 Å². The number of nitrogens with one attached hydrogen (secondary N) is 2. The first-order valence-electron chi connectivity index (χ1n) is 6.79. The number of rotatable bonds is 6. The molecule has 0 aliphatic heterocycles. The van der Waals surface area contributed by atoms with E-state index in [1.165, 1.54) is 11.8 Å². The Morgan fingerprint density at radius 3 is 2.81 bits per heavy atom. The Labute approximate surface area is 127 Å². The van der Waals surface area contributed by atoms with Crippen molar-refractivity contribution >= 4 is 17.7 Å². The Bertz CT molecular complexity index is 620. The highest BCUT2D eigenvalue weighted by Crippen LogP contribution is 2.12. The van der Waals surface area contributed by atoms with Gasteiger partial charge in [0, 0.05) is 18.0 Å². The van der Waals surface area contributed by atoms with Crippen molar-refractivity contribution in [3.63, 3.8) is 0 Å². The molecule has 0 bridgehead atoms. The van der Waals surface area contributed by atoms with Gasteiger partial charge in [-0.05, 0) is 33.8 Å². The molecule has 0 radical (unpaired) electrons. The van der Waals surface area contributed by atoms with Crippen molar-refractivity contribution in [3.05, 3.63) is 23.3 Å². The quantitative estimate of drug-likeness (QED) is 0.622. The molecule has 2 rings (SSSR count). The topological polar surface area (TPSA) is 88.5 Å². The molecule has 0 aliphatic rings. The second-order valence-corrected chi connectivity index (χ2v) is 5.95. The number of thioether (sulfide) groups is 1. The summed E-state index contributed by atoms with van der Waals surface area (Å²) >= 11 is 1.51. The van der Waals surface area contributed by atoms with Gasteiger partial charge in [-0.3, -0.25) is 14.6 Å². The van der Waals surface area contributed by atoms with Gasteiger partial charge in [0.2, 0.25) is 11.1 Å². The average molecular weight is 308 g/mol. The van der Waals surface area contributed by atoms with Crippen LogP contribution in [0.5, 0.6) is 0 Å². The van der Waals surface area contributed by atoms with Crippen LogP contribution in [0.2, 0.25) is 0 Å². The van der Waals surface area contributed by atoms with Crippen molar-refractivity contribution in [2.45, 2.75) is 38.9 Å². The molecule has 0 saturated carbocycles. The smallest absolute Gasteiger partial charge is 0.244 e. The van der Waals surface area contributed by atoms with E-state index < -0.39 is 0 Å². The van der Waals surface area contributed by atoms with Crippen LogP contribution >= 0.6 is 11.8 Å². The normalized spacial score (nSPS) is 12.4. The monoisotopic (exact) mass is 308 g/mol. The van der Waals surface area contributed by atoms with Gasteiger partial charge in [-0.2, -0.15) is 5.10 Å². The molecular formula is C13H20N6OS. The number of hydrogen-bond acceptors (Lipinski definition) is 5. The van der Waals surface area contributed by atoms with Gasteiger partial charge in [0.25, 0.3) is 0 Å². The molecular weight excluding hydrogens is 288 g/mol. The lowest BCUT2D eigenvalue weighted by Crippen LogP contribution is -2.33. The van der Waals surface area contributed by atoms with E-state index in [2.05, 4.69) is 25.6 Å². The summed E-state index contributed by atoms with van der Waals surface area (Å²) in [5.74, 6) is 1.49. The SMILES string of the molecule is Cc1cc(C)n([C@@H](C)C(=O)NCCSc2n[nH]c(C)n2)n1. The minimum atomic E-state index is -0.311. The number of carbonyl (C=O) groups excluding carboxylic acids is 1. The summed E-state index contributed by atoms with van der Waals surface area (Å²) in [6, 6.07) is 1.65. The maximum Gasteiger partial charge on any atom is 0.244 e. The summed E-state index contributed by atoms with van der Waals surface area (Å²) in [4.78, 5) is 16.3. The first kappa shape index (κ1) is 15.6. The molecule has 0 unspecified atom stereocenters. The number of amides is 1. The maximum atomic E-state index is 12.1. The van der Waals surface area contributed by atoms with E-state index in [1.54, 1.807) is 4.68 Å². The lowest BCUT2D eigenvalue weighted by Gasteiger charge is -2.14. The van der Waals surface area contributed by atoms with Crippen molar-refractivity contribution in [2.24, 2.45) is 0 Å². The van der Waals surface area contributed by atoms with E-state index >= 15 is 0 Å². The third kappa shape index (κ3) is 4.07. The molecule has 114 valence electrons. The zero-order chi connectivity index (χ0) is 15.4. The van der Waals surface area contributed by atoms with Gasteiger partial charge in [-0.15, -0.1) is 5.10 Å². The van der Waals surface area contributed by atoms with Crippen molar-refractivity contribution in [1.29, 1.82) is 0 Å². The van der Waals surface area contributed by atoms with E-state index in [9.17, 15) is 4.79 Å². The van der Waals surface area contributed by atoms with Crippen LogP contribution in [-0.2, 0) is 4.79 Å². The zero-order valence-corrected chi connectivity index (χ0v) is 13.5. The fourth-order valence-corrected chi connectivity index (χ4v) is 2.70. The van der Waals surface area contributed by atoms with Crippen molar-refractivity contribution in [1.82, 2.24) is 30.3 Å². The molecule has 7 nitrogen and oxygen atoms in total. The van der Waals surface area contributed by atoms with Crippen molar-refractivity contribution < 1.29 is 4.79 Å². The molecule has 0 aliphatic carbocycles. The minimum Gasteiger partial charge on any atom is -0.353 e. The van der Waals surface area contributed by atoms with Crippen LogP contribution in [0.4, 0.5) is 0 Å². The number of hydrogen-bond donors (Lipinski definition) is 2. The third-order valence-electron chi connectivity index (χ3n) is 3.00. The Hall–Kier alpha value is -1.83. The van der Waals surface area contributed by atoms with Gasteiger partial charge in [0.05, 0.1) is 5.69 Å². The summed E-state index contributed by atoms with van der Waals surface area (Å²) < 4.78 is 1.75. The van der Waals surface area contributed by atoms with Crippen LogP contribution < -0.4 is 5.32 Å². The highest BCUT2D eigenvalue weighted by atomic mass is 32.2. The fourth-order valence-electron chi connectivity index (χ4n) is 2.00. The standard InChI is InChI=1S/C13H20N6OS/c1-8-7-9(2)19(18-8)10(3)12(20)14-5-6-21-13-15-11(4)16-17-13/h7,10H,5-6H2,1-4H3,(H,14,20)(H,15,16,17)/t10-/m0/s1. The molecule has 8 heteroatoms. The highest BCUT2D eigenvalue weighted by Gasteiger charge is 2.17. The highest BCUT2D eigenvalue weighted by molar-refractivity contribution is 7.99. The Balaban J connectivity index is 1.77. The van der Waals surface area contributed by atoms with Crippen LogP contribution in [-0.4, -0.2) is 43.2 Å². The van der Waals surface area contributed by atoms with Gasteiger partial charge in [-0.1, -0.05) is 11.8 Å². The van der Waals surface area contributed by atoms with Crippen LogP contribution in [0.3, 0.4) is 0 Å². The number of nitrogens with zero attached hydrogens (tertiary/aromatic N) is 4. The summed E-state index contributed by atoms with van der Waals surface area (Å²) in [7, 11) is 0. The Morgan fingerprint density at radius 2 is 2.24 bits per heavy atom. The summed E-state index contributed by atoms with van der Waals surface area (Å²) in [6.45, 7) is 8.14. The summed E-state index contributed by atoms with van der Waals surface area (Å²) in [5.41, 5.74) is 1.91. The molecule has 2 aromatic heterocycles. The summed E-state index contributed by atoms with van der Waals surface area (Å²) in [5, 5.41) is 14.8. The number of carbonyl (C=O) groups is 1. The first-order chi connectivity index (χ1) is 9.97. The average Bonchev–Trinajstić information content (AvgIpc) is 2.99. The predicted molar refractivity (Wildman–Crippen MR) is 81.3 cm³/mol. The van der Waals surface area contributed by atoms with Crippen molar-refractivity contribution in [3.8, 4) is 0 Å². The number of aromatic amines is 1. The number of aromatic nitrogens is 5. The van der Waals surface area contributed by atoms with Crippen LogP contribution in [0.15, 0.2) is 11.2 Å². The molecule has 2 N–H and O–H groups in total. The summed E-state index contributed by atoms with van der Waals surface area (Å²) in [6.07, 6.45) is 0. The minimum absolute atomic E-state index is 0.0343. The first-order valence-corrected chi connectivity index (χ1v) is 7.78. The molecule has 1 amide bonds. The third-order valence-corrected chi connectivity index (χ3v) is 3.85.